The van der Waals surface area contributed by atoms with Gasteiger partial charge in [-0.3, -0.25) is 19.7 Å². The van der Waals surface area contributed by atoms with E-state index in [4.69, 9.17) is 9.26 Å². The number of rotatable bonds is 10. The summed E-state index contributed by atoms with van der Waals surface area (Å²) in [5.41, 5.74) is 0. The van der Waals surface area contributed by atoms with Gasteiger partial charge in [0, 0.05) is 18.5 Å². The van der Waals surface area contributed by atoms with Crippen molar-refractivity contribution in [3.63, 3.8) is 0 Å². The summed E-state index contributed by atoms with van der Waals surface area (Å²) in [6, 6.07) is -0.336. The molecule has 8 nitrogen and oxygen atoms in total. The van der Waals surface area contributed by atoms with E-state index in [0.717, 1.165) is 5.06 Å². The molecule has 1 saturated heterocycles. The van der Waals surface area contributed by atoms with Crippen molar-refractivity contribution in [1.29, 1.82) is 0 Å². The van der Waals surface area contributed by atoms with Crippen LogP contribution in [0.4, 0.5) is 0 Å². The fraction of sp³-hybridized carbons (Fsp3) is 0.875. The van der Waals surface area contributed by atoms with Gasteiger partial charge in [0.25, 0.3) is 5.91 Å². The normalized spacial score (nSPS) is 21.6. The van der Waals surface area contributed by atoms with Gasteiger partial charge in [0.2, 0.25) is 6.54 Å². The van der Waals surface area contributed by atoms with E-state index >= 15 is 0 Å². The van der Waals surface area contributed by atoms with Crippen molar-refractivity contribution in [2.75, 3.05) is 19.4 Å². The van der Waals surface area contributed by atoms with Crippen molar-refractivity contribution in [3.05, 3.63) is 10.1 Å². The Balaban J connectivity index is 2.77. The van der Waals surface area contributed by atoms with Crippen molar-refractivity contribution < 1.29 is 23.8 Å². The maximum absolute atomic E-state index is 12.4. The molecule has 1 aliphatic rings. The molecule has 0 bridgehead atoms. The van der Waals surface area contributed by atoms with Gasteiger partial charge in [0.15, 0.2) is 8.32 Å². The topological polar surface area (TPSA) is 99.0 Å². The second-order valence-electron chi connectivity index (χ2n) is 7.95. The summed E-state index contributed by atoms with van der Waals surface area (Å²) >= 11 is 2.61. The first-order valence-electron chi connectivity index (χ1n) is 8.75. The van der Waals surface area contributed by atoms with E-state index in [9.17, 15) is 19.7 Å². The third-order valence-electron chi connectivity index (χ3n) is 4.88. The number of hydroxylamine groups is 2. The standard InChI is InChI=1S/C16H30N2O6S2Si/c1-11(19)24-18-12(8-9-23-27(6,7)16(2,3)4)14(15(18)20)26-13(25-5)10-17(21)22/h12-14H,8-10H2,1-7H3/t12-,13-,14+/m1/s1. The average Bonchev–Trinajstić information content (AvgIpc) is 2.52. The van der Waals surface area contributed by atoms with E-state index in [0.29, 0.717) is 13.0 Å². The van der Waals surface area contributed by atoms with E-state index in [1.54, 1.807) is 6.26 Å². The molecule has 0 unspecified atom stereocenters. The van der Waals surface area contributed by atoms with Crippen LogP contribution in [0.2, 0.25) is 18.1 Å². The molecule has 11 heteroatoms. The van der Waals surface area contributed by atoms with E-state index < -0.39 is 19.5 Å². The van der Waals surface area contributed by atoms with Crippen LogP contribution in [0.1, 0.15) is 34.1 Å². The summed E-state index contributed by atoms with van der Waals surface area (Å²) in [4.78, 5) is 39.1. The highest BCUT2D eigenvalue weighted by Crippen LogP contribution is 2.40. The summed E-state index contributed by atoms with van der Waals surface area (Å²) in [6.45, 7) is 12.2. The Morgan fingerprint density at radius 3 is 2.44 bits per heavy atom. The van der Waals surface area contributed by atoms with E-state index in [1.165, 1.54) is 30.4 Å². The number of hydrogen-bond acceptors (Lipinski definition) is 8. The largest absolute Gasteiger partial charge is 0.417 e. The smallest absolute Gasteiger partial charge is 0.329 e. The fourth-order valence-corrected chi connectivity index (χ4v) is 5.59. The predicted octanol–water partition coefficient (Wildman–Crippen LogP) is 3.15. The SMILES string of the molecule is CS[C@@H](C[N+](=O)[O-])S[C@@H]1C(=O)N(OC(C)=O)[C@@H]1CCO[Si](C)(C)C(C)(C)C. The Kier molecular flexibility index (Phi) is 8.64. The first-order valence-corrected chi connectivity index (χ1v) is 13.9. The van der Waals surface area contributed by atoms with Crippen LogP contribution < -0.4 is 0 Å². The third-order valence-corrected chi connectivity index (χ3v) is 12.3. The predicted molar refractivity (Wildman–Crippen MR) is 111 cm³/mol. The van der Waals surface area contributed by atoms with Crippen LogP contribution in [0, 0.1) is 10.1 Å². The quantitative estimate of drug-likeness (QED) is 0.169. The van der Waals surface area contributed by atoms with Gasteiger partial charge in [-0.25, -0.2) is 0 Å². The molecule has 27 heavy (non-hydrogen) atoms. The molecule has 156 valence electrons. The molecule has 0 aliphatic carbocycles. The summed E-state index contributed by atoms with van der Waals surface area (Å²) < 4.78 is 5.83. The maximum atomic E-state index is 12.4. The van der Waals surface area contributed by atoms with Crippen LogP contribution in [0.5, 0.6) is 0 Å². The van der Waals surface area contributed by atoms with E-state index in [-0.39, 0.29) is 33.0 Å². The summed E-state index contributed by atoms with van der Waals surface area (Å²) in [5, 5.41) is 11.5. The highest BCUT2D eigenvalue weighted by molar-refractivity contribution is 8.17. The van der Waals surface area contributed by atoms with Crippen LogP contribution in [0.15, 0.2) is 0 Å². The van der Waals surface area contributed by atoms with Crippen molar-refractivity contribution >= 4 is 43.7 Å². The van der Waals surface area contributed by atoms with Gasteiger partial charge in [-0.1, -0.05) is 20.8 Å². The van der Waals surface area contributed by atoms with E-state index in [2.05, 4.69) is 33.9 Å². The second kappa shape index (κ2) is 9.62. The number of nitrogens with zero attached hydrogens (tertiary/aromatic N) is 2. The lowest BCUT2D eigenvalue weighted by Gasteiger charge is -2.45. The molecule has 3 atom stereocenters. The van der Waals surface area contributed by atoms with Crippen LogP contribution in [-0.2, 0) is 18.9 Å². The number of carbonyl (C=O) groups excluding carboxylic acids is 2. The Morgan fingerprint density at radius 1 is 1.41 bits per heavy atom. The van der Waals surface area contributed by atoms with Crippen LogP contribution in [0.25, 0.3) is 0 Å². The minimum atomic E-state index is -1.93. The zero-order valence-electron chi connectivity index (χ0n) is 17.0. The minimum absolute atomic E-state index is 0.0712. The van der Waals surface area contributed by atoms with Crippen LogP contribution in [-0.4, -0.2) is 65.5 Å². The van der Waals surface area contributed by atoms with Gasteiger partial charge < -0.3 is 9.26 Å². The van der Waals surface area contributed by atoms with Crippen molar-refractivity contribution in [1.82, 2.24) is 5.06 Å². The van der Waals surface area contributed by atoms with Gasteiger partial charge in [-0.05, 0) is 30.8 Å². The molecule has 0 aromatic carbocycles. The molecule has 0 aromatic heterocycles. The Morgan fingerprint density at radius 2 is 2.00 bits per heavy atom. The molecule has 1 aliphatic heterocycles. The second-order valence-corrected chi connectivity index (χ2v) is 15.4. The molecule has 0 radical (unpaired) electrons. The number of β-lactam (4-membered cyclic amide) rings is 1. The highest BCUT2D eigenvalue weighted by Gasteiger charge is 2.51. The Hall–Kier alpha value is -0.783. The monoisotopic (exact) mass is 438 g/mol. The van der Waals surface area contributed by atoms with Gasteiger partial charge in [0.1, 0.15) is 9.83 Å². The minimum Gasteiger partial charge on any atom is -0.417 e. The molecular weight excluding hydrogens is 408 g/mol. The molecule has 1 amide bonds. The van der Waals surface area contributed by atoms with E-state index in [1.807, 2.05) is 0 Å². The van der Waals surface area contributed by atoms with Gasteiger partial charge >= 0.3 is 5.97 Å². The molecule has 1 fully saturated rings. The lowest BCUT2D eigenvalue weighted by atomic mass is 10.0. The Labute approximate surface area is 170 Å². The fourth-order valence-electron chi connectivity index (χ4n) is 2.27. The average molecular weight is 439 g/mol. The Bertz CT molecular complexity index is 570. The zero-order valence-corrected chi connectivity index (χ0v) is 19.6. The summed E-state index contributed by atoms with van der Waals surface area (Å²) in [5.74, 6) is -0.885. The summed E-state index contributed by atoms with van der Waals surface area (Å²) in [6.07, 6.45) is 2.30. The zero-order chi connectivity index (χ0) is 21.0. The number of hydrogen-bond donors (Lipinski definition) is 0. The molecule has 0 N–H and O–H groups in total. The molecule has 1 heterocycles. The third kappa shape index (κ3) is 6.65. The van der Waals surface area contributed by atoms with Crippen molar-refractivity contribution in [3.8, 4) is 0 Å². The van der Waals surface area contributed by atoms with Gasteiger partial charge in [0.05, 0.1) is 6.04 Å². The number of thioether (sulfide) groups is 2. The van der Waals surface area contributed by atoms with Gasteiger partial charge in [-0.15, -0.1) is 23.5 Å². The van der Waals surface area contributed by atoms with Crippen LogP contribution >= 0.6 is 23.5 Å². The first-order chi connectivity index (χ1) is 12.3. The number of amides is 1. The van der Waals surface area contributed by atoms with Gasteiger partial charge in [-0.2, -0.15) is 5.06 Å². The molecular formula is C16H30N2O6S2Si. The van der Waals surface area contributed by atoms with Crippen molar-refractivity contribution in [2.24, 2.45) is 0 Å². The van der Waals surface area contributed by atoms with Crippen molar-refractivity contribution in [2.45, 2.75) is 68.1 Å². The number of carbonyl (C=O) groups is 2. The highest BCUT2D eigenvalue weighted by atomic mass is 32.2. The molecule has 0 saturated carbocycles. The first kappa shape index (κ1) is 24.3. The molecule has 0 spiro atoms. The summed E-state index contributed by atoms with van der Waals surface area (Å²) in [7, 11) is -1.93. The van der Waals surface area contributed by atoms with Crippen LogP contribution in [0.3, 0.4) is 0 Å². The lowest BCUT2D eigenvalue weighted by molar-refractivity contribution is -0.476. The maximum Gasteiger partial charge on any atom is 0.329 e. The lowest BCUT2D eigenvalue weighted by Crippen LogP contribution is -2.64. The molecule has 1 rings (SSSR count). The number of nitro groups is 1. The molecule has 0 aromatic rings.